The number of carboxylic acid groups (broad SMARTS) is 1. The van der Waals surface area contributed by atoms with E-state index in [-0.39, 0.29) is 24.6 Å². The highest BCUT2D eigenvalue weighted by Crippen LogP contribution is 2.61. The summed E-state index contributed by atoms with van der Waals surface area (Å²) < 4.78 is 34.0. The third kappa shape index (κ3) is 5.92. The van der Waals surface area contributed by atoms with Crippen LogP contribution in [0, 0.1) is 12.3 Å². The summed E-state index contributed by atoms with van der Waals surface area (Å²) in [7, 11) is 1.67. The van der Waals surface area contributed by atoms with Gasteiger partial charge in [0.25, 0.3) is 0 Å². The number of hydrogen-bond donors (Lipinski definition) is 2. The molecule has 3 fully saturated rings. The van der Waals surface area contributed by atoms with Crippen molar-refractivity contribution in [1.82, 2.24) is 14.9 Å². The van der Waals surface area contributed by atoms with Crippen molar-refractivity contribution in [3.63, 3.8) is 0 Å². The third-order valence-electron chi connectivity index (χ3n) is 8.60. The van der Waals surface area contributed by atoms with Crippen molar-refractivity contribution in [3.8, 4) is 5.75 Å². The highest BCUT2D eigenvalue weighted by molar-refractivity contribution is 5.88. The van der Waals surface area contributed by atoms with Gasteiger partial charge in [-0.25, -0.2) is 18.6 Å². The summed E-state index contributed by atoms with van der Waals surface area (Å²) >= 11 is 0. The molecule has 224 valence electrons. The summed E-state index contributed by atoms with van der Waals surface area (Å²) in [4.78, 5) is 24.0. The maximum Gasteiger partial charge on any atom is 0.354 e. The molecule has 3 aromatic rings. The molecule has 1 unspecified atom stereocenters. The number of hydrogen-bond acceptors (Lipinski definition) is 5. The summed E-state index contributed by atoms with van der Waals surface area (Å²) in [5.74, 6) is -2.19. The zero-order valence-corrected chi connectivity index (χ0v) is 25.2. The van der Waals surface area contributed by atoms with E-state index in [1.54, 1.807) is 13.2 Å². The molecule has 6 rings (SSSR count). The molecular formula is C32H44F2N4O3. The van der Waals surface area contributed by atoms with Crippen LogP contribution in [0.15, 0.2) is 30.5 Å². The van der Waals surface area contributed by atoms with Gasteiger partial charge >= 0.3 is 5.97 Å². The molecule has 1 atom stereocenters. The molecule has 0 bridgehead atoms. The first-order valence-electron chi connectivity index (χ1n) is 14.9. The van der Waals surface area contributed by atoms with Gasteiger partial charge in [0.05, 0.1) is 7.11 Å². The van der Waals surface area contributed by atoms with E-state index in [1.807, 2.05) is 52.9 Å². The number of aromatic nitrogens is 2. The molecular weight excluding hydrogens is 526 g/mol. The molecule has 2 N–H and O–H groups in total. The number of carboxylic acids is 1. The summed E-state index contributed by atoms with van der Waals surface area (Å²) in [6.07, 6.45) is 4.09. The van der Waals surface area contributed by atoms with Crippen LogP contribution in [-0.4, -0.2) is 58.6 Å². The van der Waals surface area contributed by atoms with E-state index in [0.717, 1.165) is 52.9 Å². The fourth-order valence-electron chi connectivity index (χ4n) is 6.64. The number of H-pyrrole nitrogens is 1. The molecule has 2 saturated heterocycles. The van der Waals surface area contributed by atoms with Gasteiger partial charge in [0.2, 0.25) is 5.92 Å². The van der Waals surface area contributed by atoms with Crippen molar-refractivity contribution >= 4 is 22.7 Å². The number of aromatic carboxylic acids is 1. The van der Waals surface area contributed by atoms with E-state index >= 15 is 0 Å². The van der Waals surface area contributed by atoms with Crippen molar-refractivity contribution in [2.75, 3.05) is 31.6 Å². The van der Waals surface area contributed by atoms with Gasteiger partial charge in [-0.15, -0.1) is 0 Å². The first-order chi connectivity index (χ1) is 19.7. The van der Waals surface area contributed by atoms with Crippen molar-refractivity contribution in [2.45, 2.75) is 85.2 Å². The number of aromatic amines is 1. The number of piperidine rings is 1. The molecule has 2 aromatic heterocycles. The Morgan fingerprint density at radius 1 is 1.15 bits per heavy atom. The van der Waals surface area contributed by atoms with Gasteiger partial charge in [0, 0.05) is 66.7 Å². The molecule has 0 radical (unpaired) electrons. The van der Waals surface area contributed by atoms with E-state index < -0.39 is 17.3 Å². The Labute approximate surface area is 241 Å². The Hall–Kier alpha value is -3.20. The number of anilines is 1. The quantitative estimate of drug-likeness (QED) is 0.318. The fourth-order valence-corrected chi connectivity index (χ4v) is 6.64. The monoisotopic (exact) mass is 570 g/mol. The smallest absolute Gasteiger partial charge is 0.354 e. The second-order valence-corrected chi connectivity index (χ2v) is 11.0. The summed E-state index contributed by atoms with van der Waals surface area (Å²) in [5, 5.41) is 10.7. The lowest BCUT2D eigenvalue weighted by molar-refractivity contribution is -0.186. The summed E-state index contributed by atoms with van der Waals surface area (Å²) in [5.41, 5.74) is 3.75. The lowest BCUT2D eigenvalue weighted by Gasteiger charge is -2.55. The van der Waals surface area contributed by atoms with Gasteiger partial charge in [-0.3, -0.25) is 4.90 Å². The number of rotatable bonds is 6. The van der Waals surface area contributed by atoms with Crippen LogP contribution in [0.5, 0.6) is 5.75 Å². The van der Waals surface area contributed by atoms with Crippen LogP contribution >= 0.6 is 0 Å². The van der Waals surface area contributed by atoms with Crippen LogP contribution in [0.25, 0.3) is 10.9 Å². The normalized spacial score (nSPS) is 20.7. The molecule has 4 heterocycles. The van der Waals surface area contributed by atoms with Crippen LogP contribution in [0.1, 0.15) is 93.0 Å². The van der Waals surface area contributed by atoms with Gasteiger partial charge in [-0.05, 0) is 61.9 Å². The van der Waals surface area contributed by atoms with Gasteiger partial charge in [0.15, 0.2) is 5.69 Å². The number of aryl methyl sites for hydroxylation is 1. The van der Waals surface area contributed by atoms with E-state index in [1.165, 1.54) is 0 Å². The van der Waals surface area contributed by atoms with Crippen LogP contribution in [0.4, 0.5) is 14.6 Å². The molecule has 2 aliphatic heterocycles. The Morgan fingerprint density at radius 3 is 2.44 bits per heavy atom. The highest BCUT2D eigenvalue weighted by atomic mass is 19.3. The molecule has 9 heteroatoms. The Morgan fingerprint density at radius 2 is 1.85 bits per heavy atom. The van der Waals surface area contributed by atoms with Crippen LogP contribution in [-0.2, 0) is 6.54 Å². The molecule has 1 aromatic carbocycles. The van der Waals surface area contributed by atoms with Gasteiger partial charge in [0.1, 0.15) is 11.6 Å². The van der Waals surface area contributed by atoms with Crippen molar-refractivity contribution in [2.24, 2.45) is 5.41 Å². The SMILES string of the molecule is CC.CC.COc1cc(C)c2[nH]ccc2c1CN1CCC2(CC1c1ccc(C(=O)O)nc1N1CCC1)CC(F)(F)C2. The number of likely N-dealkylation sites (tertiary alicyclic amines) is 1. The zero-order valence-electron chi connectivity index (χ0n) is 25.2. The van der Waals surface area contributed by atoms with E-state index in [2.05, 4.69) is 25.8 Å². The average molecular weight is 571 g/mol. The number of nitrogens with one attached hydrogen (secondary N) is 1. The first kappa shape index (κ1) is 30.8. The molecule has 1 saturated carbocycles. The number of carbonyl (C=O) groups is 1. The topological polar surface area (TPSA) is 81.7 Å². The lowest BCUT2D eigenvalue weighted by atomic mass is 9.59. The van der Waals surface area contributed by atoms with Crippen molar-refractivity contribution in [3.05, 3.63) is 52.8 Å². The Kier molecular flexibility index (Phi) is 9.26. The van der Waals surface area contributed by atoms with Gasteiger partial charge < -0.3 is 19.7 Å². The zero-order chi connectivity index (χ0) is 29.9. The largest absolute Gasteiger partial charge is 0.496 e. The number of nitrogens with zero attached hydrogens (tertiary/aromatic N) is 3. The summed E-state index contributed by atoms with van der Waals surface area (Å²) in [6, 6.07) is 7.34. The number of methoxy groups -OCH3 is 1. The maximum absolute atomic E-state index is 14.1. The minimum Gasteiger partial charge on any atom is -0.496 e. The molecule has 7 nitrogen and oxygen atoms in total. The first-order valence-corrected chi connectivity index (χ1v) is 14.9. The second kappa shape index (κ2) is 12.3. The van der Waals surface area contributed by atoms with E-state index in [9.17, 15) is 18.7 Å². The van der Waals surface area contributed by atoms with Crippen LogP contribution in [0.2, 0.25) is 0 Å². The van der Waals surface area contributed by atoms with Crippen molar-refractivity contribution < 1.29 is 23.4 Å². The number of alkyl halides is 2. The maximum atomic E-state index is 14.1. The number of fused-ring (bicyclic) bond motifs is 1. The van der Waals surface area contributed by atoms with Crippen LogP contribution < -0.4 is 9.64 Å². The third-order valence-corrected chi connectivity index (χ3v) is 8.60. The Balaban J connectivity index is 0.000000929. The minimum absolute atomic E-state index is 0.00661. The molecule has 1 spiro atoms. The van der Waals surface area contributed by atoms with E-state index in [4.69, 9.17) is 4.74 Å². The van der Waals surface area contributed by atoms with E-state index in [0.29, 0.717) is 31.7 Å². The van der Waals surface area contributed by atoms with Crippen molar-refractivity contribution in [1.29, 1.82) is 0 Å². The number of ether oxygens (including phenoxy) is 1. The fraction of sp³-hybridized carbons (Fsp3) is 0.562. The summed E-state index contributed by atoms with van der Waals surface area (Å²) in [6.45, 7) is 12.9. The molecule has 1 aliphatic carbocycles. The molecule has 3 aliphatic rings. The highest BCUT2D eigenvalue weighted by Gasteiger charge is 2.58. The average Bonchev–Trinajstić information content (AvgIpc) is 3.42. The number of benzene rings is 1. The predicted octanol–water partition coefficient (Wildman–Crippen LogP) is 7.59. The number of halogens is 2. The predicted molar refractivity (Wildman–Crippen MR) is 159 cm³/mol. The van der Waals surface area contributed by atoms with Crippen LogP contribution in [0.3, 0.4) is 0 Å². The Bertz CT molecular complexity index is 1360. The standard InChI is InChI=1S/C28H32F2N4O3.2C2H6/c1-17-12-23(37-2)20(18-6-8-31-24(17)18)14-34-11-7-27(15-28(29,30)16-27)13-22(34)19-4-5-21(26(35)36)32-25(19)33-9-3-10-33;2*1-2/h4-6,8,12,22,31H,3,7,9-11,13-16H2,1-2H3,(H,35,36);2*1-2H3. The minimum atomic E-state index is -2.60. The second-order valence-electron chi connectivity index (χ2n) is 11.0. The number of pyridine rings is 1. The molecule has 0 amide bonds. The van der Waals surface area contributed by atoms with Gasteiger partial charge in [-0.2, -0.15) is 0 Å². The van der Waals surface area contributed by atoms with Gasteiger partial charge in [-0.1, -0.05) is 33.8 Å². The molecule has 41 heavy (non-hydrogen) atoms. The lowest BCUT2D eigenvalue weighted by Crippen LogP contribution is -2.53.